The molecule has 0 atom stereocenters. The lowest BCUT2D eigenvalue weighted by Gasteiger charge is -2.07. The second-order valence-corrected chi connectivity index (χ2v) is 6.76. The van der Waals surface area contributed by atoms with Crippen LogP contribution in [0.1, 0.15) is 23.4 Å². The van der Waals surface area contributed by atoms with Crippen molar-refractivity contribution >= 4 is 29.0 Å². The second-order valence-electron chi connectivity index (χ2n) is 6.33. The number of aryl methyl sites for hydroxylation is 2. The van der Waals surface area contributed by atoms with Gasteiger partial charge in [-0.2, -0.15) is 9.78 Å². The van der Waals surface area contributed by atoms with E-state index in [4.69, 9.17) is 11.6 Å². The largest absolute Gasteiger partial charge is 0.389 e. The summed E-state index contributed by atoms with van der Waals surface area (Å²) in [4.78, 5) is 22.4. The van der Waals surface area contributed by atoms with Crippen molar-refractivity contribution < 1.29 is 9.72 Å². The van der Waals surface area contributed by atoms with Gasteiger partial charge in [0.15, 0.2) is 0 Å². The molecule has 2 aromatic heterocycles. The minimum Gasteiger partial charge on any atom is -0.358 e. The third-order valence-corrected chi connectivity index (χ3v) is 4.48. The van der Waals surface area contributed by atoms with E-state index in [2.05, 4.69) is 15.5 Å². The molecule has 3 rings (SSSR count). The molecule has 0 aliphatic carbocycles. The van der Waals surface area contributed by atoms with Crippen molar-refractivity contribution in [3.63, 3.8) is 0 Å². The van der Waals surface area contributed by atoms with Gasteiger partial charge in [0.1, 0.15) is 0 Å². The van der Waals surface area contributed by atoms with Gasteiger partial charge >= 0.3 is 5.82 Å². The molecule has 0 saturated carbocycles. The van der Waals surface area contributed by atoms with Gasteiger partial charge in [0, 0.05) is 11.4 Å². The number of aromatic nitrogens is 4. The van der Waals surface area contributed by atoms with Crippen LogP contribution in [-0.4, -0.2) is 30.4 Å². The average Bonchev–Trinajstić information content (AvgIpc) is 3.21. The molecule has 0 radical (unpaired) electrons. The summed E-state index contributed by atoms with van der Waals surface area (Å²) < 4.78 is 3.19. The Bertz CT molecular complexity index is 1030. The van der Waals surface area contributed by atoms with E-state index in [1.165, 1.54) is 16.9 Å². The number of benzene rings is 1. The number of halogens is 1. The molecule has 0 aliphatic heterocycles. The van der Waals surface area contributed by atoms with Crippen LogP contribution in [0.5, 0.6) is 0 Å². The van der Waals surface area contributed by atoms with E-state index < -0.39 is 4.92 Å². The van der Waals surface area contributed by atoms with Crippen LogP contribution in [0.4, 0.5) is 11.5 Å². The maximum absolute atomic E-state index is 12.3. The van der Waals surface area contributed by atoms with Crippen molar-refractivity contribution in [1.29, 1.82) is 0 Å². The molecule has 0 unspecified atom stereocenters. The van der Waals surface area contributed by atoms with Crippen molar-refractivity contribution in [3.05, 3.63) is 68.6 Å². The summed E-state index contributed by atoms with van der Waals surface area (Å²) in [7, 11) is 0. The van der Waals surface area contributed by atoms with Gasteiger partial charge in [-0.3, -0.25) is 9.48 Å². The lowest BCUT2D eigenvalue weighted by molar-refractivity contribution is -0.389. The Morgan fingerprint density at radius 3 is 2.75 bits per heavy atom. The van der Waals surface area contributed by atoms with Crippen molar-refractivity contribution in [2.45, 2.75) is 33.4 Å². The van der Waals surface area contributed by atoms with E-state index in [9.17, 15) is 14.9 Å². The summed E-state index contributed by atoms with van der Waals surface area (Å²) >= 11 is 6.03. The van der Waals surface area contributed by atoms with Gasteiger partial charge in [0.2, 0.25) is 5.91 Å². The zero-order chi connectivity index (χ0) is 20.3. The van der Waals surface area contributed by atoms with Crippen LogP contribution >= 0.6 is 11.6 Å². The number of hydrogen-bond donors (Lipinski definition) is 1. The van der Waals surface area contributed by atoms with Gasteiger partial charge in [-0.05, 0) is 36.5 Å². The maximum atomic E-state index is 12.3. The molecule has 146 valence electrons. The molecule has 0 fully saturated rings. The fraction of sp³-hybridized carbons (Fsp3) is 0.278. The number of amides is 1. The number of rotatable bonds is 7. The maximum Gasteiger partial charge on any atom is 0.389 e. The van der Waals surface area contributed by atoms with Gasteiger partial charge in [-0.15, -0.1) is 0 Å². The lowest BCUT2D eigenvalue weighted by Crippen LogP contribution is -2.16. The fourth-order valence-electron chi connectivity index (χ4n) is 2.83. The molecule has 0 bridgehead atoms. The summed E-state index contributed by atoms with van der Waals surface area (Å²) in [5.41, 5.74) is 3.22. The standard InChI is InChI=1S/C18H19ClN6O3/c1-12-18(13(2)24(21-12)11-14-4-3-5-15(19)10-14)20-17(26)7-9-23-8-6-16(22-23)25(27)28/h3-6,8,10H,7,9,11H2,1-2H3,(H,20,26). The Labute approximate surface area is 166 Å². The molecule has 28 heavy (non-hydrogen) atoms. The molecular formula is C18H19ClN6O3. The smallest absolute Gasteiger partial charge is 0.358 e. The predicted octanol–water partition coefficient (Wildman–Crippen LogP) is 3.34. The molecule has 1 N–H and O–H groups in total. The van der Waals surface area contributed by atoms with E-state index in [-0.39, 0.29) is 24.7 Å². The molecule has 1 aromatic carbocycles. The molecule has 2 heterocycles. The Hall–Kier alpha value is -3.20. The average molecular weight is 403 g/mol. The van der Waals surface area contributed by atoms with Gasteiger partial charge in [-0.25, -0.2) is 0 Å². The van der Waals surface area contributed by atoms with Crippen molar-refractivity contribution in [3.8, 4) is 0 Å². The number of hydrogen-bond acceptors (Lipinski definition) is 5. The van der Waals surface area contributed by atoms with Crippen LogP contribution < -0.4 is 5.32 Å². The highest BCUT2D eigenvalue weighted by Gasteiger charge is 2.16. The van der Waals surface area contributed by atoms with Crippen molar-refractivity contribution in [2.24, 2.45) is 0 Å². The molecule has 1 amide bonds. The highest BCUT2D eigenvalue weighted by atomic mass is 35.5. The first kappa shape index (κ1) is 19.6. The quantitative estimate of drug-likeness (QED) is 0.481. The van der Waals surface area contributed by atoms with E-state index in [1.54, 1.807) is 0 Å². The molecule has 0 saturated heterocycles. The van der Waals surface area contributed by atoms with Crippen LogP contribution in [0.25, 0.3) is 0 Å². The predicted molar refractivity (Wildman–Crippen MR) is 104 cm³/mol. The first-order valence-corrected chi connectivity index (χ1v) is 8.97. The highest BCUT2D eigenvalue weighted by Crippen LogP contribution is 2.21. The van der Waals surface area contributed by atoms with Crippen LogP contribution in [0.15, 0.2) is 36.5 Å². The van der Waals surface area contributed by atoms with E-state index in [1.807, 2.05) is 42.8 Å². The first-order valence-electron chi connectivity index (χ1n) is 8.59. The topological polar surface area (TPSA) is 108 Å². The van der Waals surface area contributed by atoms with Crippen LogP contribution in [-0.2, 0) is 17.9 Å². The summed E-state index contributed by atoms with van der Waals surface area (Å²) in [6.45, 7) is 4.50. The van der Waals surface area contributed by atoms with E-state index >= 15 is 0 Å². The molecule has 9 nitrogen and oxygen atoms in total. The lowest BCUT2D eigenvalue weighted by atomic mass is 10.2. The highest BCUT2D eigenvalue weighted by molar-refractivity contribution is 6.30. The first-order chi connectivity index (χ1) is 13.3. The number of carbonyl (C=O) groups is 1. The molecule has 0 aliphatic rings. The number of nitrogens with one attached hydrogen (secondary N) is 1. The summed E-state index contributed by atoms with van der Waals surface area (Å²) in [6, 6.07) is 8.83. The Balaban J connectivity index is 1.64. The van der Waals surface area contributed by atoms with Gasteiger partial charge in [0.25, 0.3) is 0 Å². The zero-order valence-electron chi connectivity index (χ0n) is 15.4. The minimum absolute atomic E-state index is 0.136. The SMILES string of the molecule is Cc1nn(Cc2cccc(Cl)c2)c(C)c1NC(=O)CCn1ccc([N+](=O)[O-])n1. The van der Waals surface area contributed by atoms with Gasteiger partial charge in [0.05, 0.1) is 47.5 Å². The Kier molecular flexibility index (Phi) is 5.74. The number of nitro groups is 1. The zero-order valence-corrected chi connectivity index (χ0v) is 16.2. The van der Waals surface area contributed by atoms with Gasteiger partial charge in [-0.1, -0.05) is 23.7 Å². The summed E-state index contributed by atoms with van der Waals surface area (Å²) in [6.07, 6.45) is 1.61. The third-order valence-electron chi connectivity index (χ3n) is 4.25. The third kappa shape index (κ3) is 4.55. The Morgan fingerprint density at radius 2 is 2.07 bits per heavy atom. The van der Waals surface area contributed by atoms with Crippen LogP contribution in [0.2, 0.25) is 5.02 Å². The van der Waals surface area contributed by atoms with Gasteiger partial charge < -0.3 is 15.4 Å². The normalized spacial score (nSPS) is 10.8. The van der Waals surface area contributed by atoms with E-state index in [0.29, 0.717) is 22.9 Å². The number of anilines is 1. The number of nitrogens with zero attached hydrogens (tertiary/aromatic N) is 5. The number of carbonyl (C=O) groups excluding carboxylic acids is 1. The fourth-order valence-corrected chi connectivity index (χ4v) is 3.04. The molecule has 0 spiro atoms. The molecule has 3 aromatic rings. The summed E-state index contributed by atoms with van der Waals surface area (Å²) in [5.74, 6) is -0.457. The Morgan fingerprint density at radius 1 is 1.29 bits per heavy atom. The van der Waals surface area contributed by atoms with Crippen LogP contribution in [0, 0.1) is 24.0 Å². The van der Waals surface area contributed by atoms with E-state index in [0.717, 1.165) is 11.3 Å². The minimum atomic E-state index is -0.572. The monoisotopic (exact) mass is 402 g/mol. The van der Waals surface area contributed by atoms with Crippen molar-refractivity contribution in [2.75, 3.05) is 5.32 Å². The molecule has 10 heteroatoms. The molecular weight excluding hydrogens is 384 g/mol. The second kappa shape index (κ2) is 8.22. The van der Waals surface area contributed by atoms with Crippen LogP contribution in [0.3, 0.4) is 0 Å². The summed E-state index contributed by atoms with van der Waals surface area (Å²) in [5, 5.41) is 22.5. The van der Waals surface area contributed by atoms with Crippen molar-refractivity contribution in [1.82, 2.24) is 19.6 Å².